The molecule has 0 unspecified atom stereocenters. The van der Waals surface area contributed by atoms with E-state index < -0.39 is 0 Å². The van der Waals surface area contributed by atoms with Crippen LogP contribution in [0.1, 0.15) is 19.2 Å². The van der Waals surface area contributed by atoms with E-state index in [1.165, 1.54) is 29.4 Å². The van der Waals surface area contributed by atoms with Gasteiger partial charge in [-0.05, 0) is 23.9 Å². The number of amides is 1. The number of aromatic nitrogens is 4. The second-order valence-corrected chi connectivity index (χ2v) is 8.19. The molecule has 0 saturated heterocycles. The summed E-state index contributed by atoms with van der Waals surface area (Å²) in [6.07, 6.45) is 2.38. The highest BCUT2D eigenvalue weighted by molar-refractivity contribution is 8.00. The highest BCUT2D eigenvalue weighted by Crippen LogP contribution is 2.25. The highest BCUT2D eigenvalue weighted by atomic mass is 32.2. The topological polar surface area (TPSA) is 85.0 Å². The molecule has 1 aromatic carbocycles. The maximum absolute atomic E-state index is 12.9. The molecule has 1 amide bonds. The van der Waals surface area contributed by atoms with Crippen LogP contribution in [0.5, 0.6) is 0 Å². The van der Waals surface area contributed by atoms with Crippen LogP contribution in [-0.4, -0.2) is 43.3 Å². The molecule has 9 heteroatoms. The van der Waals surface area contributed by atoms with Gasteiger partial charge in [-0.15, -0.1) is 21.5 Å². The maximum atomic E-state index is 12.9. The zero-order valence-electron chi connectivity index (χ0n) is 15.8. The van der Waals surface area contributed by atoms with Crippen molar-refractivity contribution >= 4 is 39.9 Å². The van der Waals surface area contributed by atoms with Crippen molar-refractivity contribution in [2.75, 3.05) is 12.3 Å². The molecule has 4 rings (SSSR count). The van der Waals surface area contributed by atoms with Crippen molar-refractivity contribution in [3.05, 3.63) is 54.0 Å². The molecular formula is C20H19N5O2S2. The number of benzene rings is 1. The largest absolute Gasteiger partial charge is 0.418 e. The molecule has 0 radical (unpaired) electrons. The Morgan fingerprint density at radius 3 is 2.90 bits per heavy atom. The molecule has 0 atom stereocenters. The zero-order chi connectivity index (χ0) is 20.1. The molecule has 0 aliphatic heterocycles. The van der Waals surface area contributed by atoms with E-state index in [4.69, 9.17) is 4.42 Å². The van der Waals surface area contributed by atoms with Crippen molar-refractivity contribution < 1.29 is 9.21 Å². The van der Waals surface area contributed by atoms with Gasteiger partial charge in [0.15, 0.2) is 0 Å². The zero-order valence-corrected chi connectivity index (χ0v) is 17.4. The molecule has 3 heterocycles. The van der Waals surface area contributed by atoms with Gasteiger partial charge in [-0.3, -0.25) is 4.79 Å². The van der Waals surface area contributed by atoms with E-state index in [9.17, 15) is 4.79 Å². The van der Waals surface area contributed by atoms with Crippen molar-refractivity contribution in [2.24, 2.45) is 0 Å². The Bertz CT molecular complexity index is 1090. The van der Waals surface area contributed by atoms with Crippen LogP contribution in [0.15, 0.2) is 57.5 Å². The number of carbonyl (C=O) groups is 1. The third-order valence-electron chi connectivity index (χ3n) is 4.21. The molecular weight excluding hydrogens is 406 g/mol. The summed E-state index contributed by atoms with van der Waals surface area (Å²) in [6, 6.07) is 11.7. The van der Waals surface area contributed by atoms with Crippen LogP contribution < -0.4 is 0 Å². The Morgan fingerprint density at radius 2 is 2.07 bits per heavy atom. The number of para-hydroxylation sites is 1. The van der Waals surface area contributed by atoms with Crippen LogP contribution in [-0.2, 0) is 11.3 Å². The van der Waals surface area contributed by atoms with Crippen LogP contribution in [0.2, 0.25) is 0 Å². The number of fused-ring (bicyclic) bond motifs is 1. The van der Waals surface area contributed by atoms with Gasteiger partial charge in [-0.2, -0.15) is 0 Å². The first-order valence-corrected chi connectivity index (χ1v) is 11.1. The minimum atomic E-state index is 0.00965. The van der Waals surface area contributed by atoms with Gasteiger partial charge in [-0.25, -0.2) is 9.97 Å². The van der Waals surface area contributed by atoms with Crippen LogP contribution in [0.3, 0.4) is 0 Å². The normalized spacial score (nSPS) is 11.1. The predicted molar refractivity (Wildman–Crippen MR) is 114 cm³/mol. The fraction of sp³-hybridized carbons (Fsp3) is 0.250. The summed E-state index contributed by atoms with van der Waals surface area (Å²) >= 11 is 2.96. The van der Waals surface area contributed by atoms with E-state index in [-0.39, 0.29) is 11.7 Å². The molecule has 0 spiro atoms. The summed E-state index contributed by atoms with van der Waals surface area (Å²) in [5, 5.41) is 11.9. The average molecular weight is 426 g/mol. The van der Waals surface area contributed by atoms with E-state index >= 15 is 0 Å². The standard InChI is InChI=1S/C20H19N5O2S2/c1-2-9-25(11-17-23-24-19(27-17)16-8-5-10-28-16)18(26)12-29-20-14-6-3-4-7-15(14)21-13-22-20/h3-8,10,13H,2,9,11-12H2,1H3. The summed E-state index contributed by atoms with van der Waals surface area (Å²) in [5.41, 5.74) is 0.870. The number of thiophene rings is 1. The third kappa shape index (κ3) is 4.63. The van der Waals surface area contributed by atoms with E-state index in [1.54, 1.807) is 4.90 Å². The third-order valence-corrected chi connectivity index (χ3v) is 6.06. The minimum Gasteiger partial charge on any atom is -0.418 e. The monoisotopic (exact) mass is 425 g/mol. The van der Waals surface area contributed by atoms with Gasteiger partial charge in [0.2, 0.25) is 11.8 Å². The number of carbonyl (C=O) groups excluding carboxylic acids is 1. The SMILES string of the molecule is CCCN(Cc1nnc(-c2cccs2)o1)C(=O)CSc1ncnc2ccccc12. The van der Waals surface area contributed by atoms with Gasteiger partial charge in [0.25, 0.3) is 5.89 Å². The Balaban J connectivity index is 1.43. The van der Waals surface area contributed by atoms with Crippen molar-refractivity contribution in [3.63, 3.8) is 0 Å². The lowest BCUT2D eigenvalue weighted by atomic mass is 10.2. The number of hydrogen-bond donors (Lipinski definition) is 0. The first kappa shape index (κ1) is 19.5. The van der Waals surface area contributed by atoms with Crippen LogP contribution in [0.4, 0.5) is 0 Å². The molecule has 0 bridgehead atoms. The van der Waals surface area contributed by atoms with Gasteiger partial charge in [0.05, 0.1) is 22.7 Å². The van der Waals surface area contributed by atoms with E-state index in [1.807, 2.05) is 48.7 Å². The Labute approximate surface area is 176 Å². The highest BCUT2D eigenvalue weighted by Gasteiger charge is 2.18. The first-order valence-electron chi connectivity index (χ1n) is 9.21. The molecule has 3 aromatic heterocycles. The van der Waals surface area contributed by atoms with Gasteiger partial charge < -0.3 is 9.32 Å². The van der Waals surface area contributed by atoms with Crippen LogP contribution in [0.25, 0.3) is 21.7 Å². The number of rotatable bonds is 8. The lowest BCUT2D eigenvalue weighted by Gasteiger charge is -2.20. The maximum Gasteiger partial charge on any atom is 0.257 e. The van der Waals surface area contributed by atoms with Crippen molar-refractivity contribution in [2.45, 2.75) is 24.9 Å². The smallest absolute Gasteiger partial charge is 0.257 e. The van der Waals surface area contributed by atoms with Gasteiger partial charge in [-0.1, -0.05) is 43.0 Å². The second-order valence-electron chi connectivity index (χ2n) is 6.28. The summed E-state index contributed by atoms with van der Waals surface area (Å²) in [4.78, 5) is 24.1. The Hall–Kier alpha value is -2.78. The first-order chi connectivity index (χ1) is 14.2. The predicted octanol–water partition coefficient (Wildman–Crippen LogP) is 4.27. The lowest BCUT2D eigenvalue weighted by molar-refractivity contribution is -0.129. The molecule has 29 heavy (non-hydrogen) atoms. The molecule has 4 aromatic rings. The van der Waals surface area contributed by atoms with Crippen LogP contribution in [0, 0.1) is 0 Å². The molecule has 0 fully saturated rings. The molecule has 148 valence electrons. The van der Waals surface area contributed by atoms with Crippen molar-refractivity contribution in [1.29, 1.82) is 0 Å². The van der Waals surface area contributed by atoms with Crippen molar-refractivity contribution in [3.8, 4) is 10.8 Å². The number of hydrogen-bond acceptors (Lipinski definition) is 8. The van der Waals surface area contributed by atoms with Crippen molar-refractivity contribution in [1.82, 2.24) is 25.1 Å². The van der Waals surface area contributed by atoms with E-state index in [0.717, 1.165) is 27.2 Å². The average Bonchev–Trinajstić information content (AvgIpc) is 3.43. The van der Waals surface area contributed by atoms with Gasteiger partial charge in [0, 0.05) is 11.9 Å². The van der Waals surface area contributed by atoms with Gasteiger partial charge >= 0.3 is 0 Å². The lowest BCUT2D eigenvalue weighted by Crippen LogP contribution is -2.32. The number of thioether (sulfide) groups is 1. The summed E-state index contributed by atoms with van der Waals surface area (Å²) in [5.74, 6) is 1.22. The summed E-state index contributed by atoms with van der Waals surface area (Å²) in [6.45, 7) is 2.97. The fourth-order valence-corrected chi connectivity index (χ4v) is 4.40. The Morgan fingerprint density at radius 1 is 1.17 bits per heavy atom. The molecule has 0 aliphatic rings. The minimum absolute atomic E-state index is 0.00965. The quantitative estimate of drug-likeness (QED) is 0.308. The Kier molecular flexibility index (Phi) is 6.16. The van der Waals surface area contributed by atoms with Gasteiger partial charge in [0.1, 0.15) is 11.4 Å². The summed E-state index contributed by atoms with van der Waals surface area (Å²) < 4.78 is 5.74. The molecule has 0 saturated carbocycles. The van der Waals surface area contributed by atoms with Crippen LogP contribution >= 0.6 is 23.1 Å². The fourth-order valence-electron chi connectivity index (χ4n) is 2.86. The molecule has 7 nitrogen and oxygen atoms in total. The van der Waals surface area contributed by atoms with E-state index in [2.05, 4.69) is 20.2 Å². The molecule has 0 aliphatic carbocycles. The number of nitrogens with zero attached hydrogens (tertiary/aromatic N) is 5. The van der Waals surface area contributed by atoms with E-state index in [0.29, 0.717) is 24.9 Å². The summed E-state index contributed by atoms with van der Waals surface area (Å²) in [7, 11) is 0. The molecule has 0 N–H and O–H groups in total. The second kappa shape index (κ2) is 9.15.